The van der Waals surface area contributed by atoms with Crippen LogP contribution in [0.15, 0.2) is 65.0 Å². The molecule has 0 spiro atoms. The molecular formula is C18H18N4O4S2. The molecule has 0 radical (unpaired) electrons. The zero-order valence-electron chi connectivity index (χ0n) is 14.7. The minimum atomic E-state index is -3.82. The van der Waals surface area contributed by atoms with Gasteiger partial charge in [0, 0.05) is 12.1 Å². The van der Waals surface area contributed by atoms with Gasteiger partial charge in [0.25, 0.3) is 15.9 Å². The number of anilines is 1. The third kappa shape index (κ3) is 5.67. The molecule has 0 saturated heterocycles. The van der Waals surface area contributed by atoms with Gasteiger partial charge in [-0.25, -0.2) is 13.1 Å². The predicted octanol–water partition coefficient (Wildman–Crippen LogP) is 2.29. The molecule has 0 aliphatic rings. The second-order valence-electron chi connectivity index (χ2n) is 5.63. The van der Waals surface area contributed by atoms with Crippen LogP contribution in [0.4, 0.5) is 5.13 Å². The molecule has 2 N–H and O–H groups in total. The van der Waals surface area contributed by atoms with Crippen molar-refractivity contribution in [2.24, 2.45) is 0 Å². The summed E-state index contributed by atoms with van der Waals surface area (Å²) in [7, 11) is -3.82. The van der Waals surface area contributed by atoms with Gasteiger partial charge in [0.05, 0.1) is 13.2 Å². The van der Waals surface area contributed by atoms with Crippen molar-refractivity contribution in [2.75, 3.05) is 18.5 Å². The maximum Gasteiger partial charge on any atom is 0.269 e. The normalized spacial score (nSPS) is 11.3. The van der Waals surface area contributed by atoms with Gasteiger partial charge in [0.2, 0.25) is 9.47 Å². The fourth-order valence-corrected chi connectivity index (χ4v) is 4.15. The molecule has 0 aliphatic heterocycles. The first-order valence-electron chi connectivity index (χ1n) is 8.36. The molecule has 0 unspecified atom stereocenters. The number of sulfonamides is 1. The van der Waals surface area contributed by atoms with Crippen molar-refractivity contribution < 1.29 is 17.9 Å². The van der Waals surface area contributed by atoms with Crippen molar-refractivity contribution in [3.63, 3.8) is 0 Å². The van der Waals surface area contributed by atoms with E-state index in [1.54, 1.807) is 30.3 Å². The molecule has 0 bridgehead atoms. The summed E-state index contributed by atoms with van der Waals surface area (Å²) in [5.74, 6) is -0.386. The summed E-state index contributed by atoms with van der Waals surface area (Å²) < 4.78 is 32.1. The summed E-state index contributed by atoms with van der Waals surface area (Å²) in [6, 6.07) is 18.1. The van der Waals surface area contributed by atoms with E-state index in [2.05, 4.69) is 20.2 Å². The van der Waals surface area contributed by atoms with Crippen molar-refractivity contribution in [1.29, 1.82) is 0 Å². The zero-order chi connectivity index (χ0) is 19.8. The van der Waals surface area contributed by atoms with Crippen molar-refractivity contribution in [3.05, 3.63) is 71.8 Å². The Morgan fingerprint density at radius 3 is 2.39 bits per heavy atom. The molecular weight excluding hydrogens is 400 g/mol. The Bertz CT molecular complexity index is 1010. The highest BCUT2D eigenvalue weighted by Crippen LogP contribution is 2.20. The average Bonchev–Trinajstić information content (AvgIpc) is 3.18. The van der Waals surface area contributed by atoms with E-state index in [1.807, 2.05) is 30.3 Å². The van der Waals surface area contributed by atoms with E-state index >= 15 is 0 Å². The third-order valence-electron chi connectivity index (χ3n) is 3.54. The molecule has 146 valence electrons. The highest BCUT2D eigenvalue weighted by atomic mass is 32.2. The summed E-state index contributed by atoms with van der Waals surface area (Å²) in [6.45, 7) is 0.710. The Morgan fingerprint density at radius 2 is 1.68 bits per heavy atom. The summed E-state index contributed by atoms with van der Waals surface area (Å²) in [4.78, 5) is 12.1. The Hall–Kier alpha value is -2.66. The van der Waals surface area contributed by atoms with Crippen molar-refractivity contribution in [2.45, 2.75) is 10.9 Å². The first-order valence-corrected chi connectivity index (χ1v) is 10.7. The number of ether oxygens (including phenoxy) is 1. The number of nitrogens with zero attached hydrogens (tertiary/aromatic N) is 2. The molecule has 3 rings (SSSR count). The SMILES string of the molecule is O=C(Nc1nnc(S(=O)(=O)NCCOCc2ccccc2)s1)c1ccccc1. The molecule has 8 nitrogen and oxygen atoms in total. The lowest BCUT2D eigenvalue weighted by Crippen LogP contribution is -2.27. The van der Waals surface area contributed by atoms with Crippen LogP contribution in [0.2, 0.25) is 0 Å². The highest BCUT2D eigenvalue weighted by molar-refractivity contribution is 7.91. The van der Waals surface area contributed by atoms with Crippen molar-refractivity contribution in [1.82, 2.24) is 14.9 Å². The molecule has 1 heterocycles. The topological polar surface area (TPSA) is 110 Å². The Labute approximate surface area is 166 Å². The van der Waals surface area contributed by atoms with Crippen LogP contribution in [0.1, 0.15) is 15.9 Å². The maximum atomic E-state index is 12.3. The van der Waals surface area contributed by atoms with Gasteiger partial charge < -0.3 is 4.74 Å². The van der Waals surface area contributed by atoms with Gasteiger partial charge in [-0.15, -0.1) is 10.2 Å². The second-order valence-corrected chi connectivity index (χ2v) is 8.55. The quantitative estimate of drug-likeness (QED) is 0.407. The second kappa shape index (κ2) is 9.51. The third-order valence-corrected chi connectivity index (χ3v) is 6.21. The van der Waals surface area contributed by atoms with E-state index in [9.17, 15) is 13.2 Å². The Kier molecular flexibility index (Phi) is 6.82. The molecule has 10 heteroatoms. The van der Waals surface area contributed by atoms with Crippen LogP contribution in [0.25, 0.3) is 0 Å². The largest absolute Gasteiger partial charge is 0.375 e. The van der Waals surface area contributed by atoms with Crippen LogP contribution in [0, 0.1) is 0 Å². The molecule has 2 aromatic carbocycles. The summed E-state index contributed by atoms with van der Waals surface area (Å²) >= 11 is 0.778. The fourth-order valence-electron chi connectivity index (χ4n) is 2.20. The molecule has 0 atom stereocenters. The Morgan fingerprint density at radius 1 is 1.00 bits per heavy atom. The molecule has 28 heavy (non-hydrogen) atoms. The van der Waals surface area contributed by atoms with Crippen LogP contribution in [0.3, 0.4) is 0 Å². The fraction of sp³-hybridized carbons (Fsp3) is 0.167. The minimum Gasteiger partial charge on any atom is -0.375 e. The molecule has 1 amide bonds. The lowest BCUT2D eigenvalue weighted by Gasteiger charge is -2.05. The van der Waals surface area contributed by atoms with Crippen molar-refractivity contribution >= 4 is 32.4 Å². The molecule has 1 aromatic heterocycles. The van der Waals surface area contributed by atoms with Crippen molar-refractivity contribution in [3.8, 4) is 0 Å². The number of hydrogen-bond acceptors (Lipinski definition) is 7. The standard InChI is InChI=1S/C18H18N4O4S2/c23-16(15-9-5-2-6-10-15)20-17-21-22-18(27-17)28(24,25)19-11-12-26-13-14-7-3-1-4-8-14/h1-10,19H,11-13H2,(H,20,21,23). The van der Waals surface area contributed by atoms with Gasteiger partial charge >= 0.3 is 0 Å². The van der Waals surface area contributed by atoms with Gasteiger partial charge in [-0.3, -0.25) is 10.1 Å². The average molecular weight is 419 g/mol. The number of carbonyl (C=O) groups is 1. The lowest BCUT2D eigenvalue weighted by atomic mass is 10.2. The van der Waals surface area contributed by atoms with E-state index in [1.165, 1.54) is 0 Å². The summed E-state index contributed by atoms with van der Waals surface area (Å²) in [6.07, 6.45) is 0. The molecule has 0 saturated carbocycles. The smallest absolute Gasteiger partial charge is 0.269 e. The minimum absolute atomic E-state index is 0.0977. The molecule has 3 aromatic rings. The first-order chi connectivity index (χ1) is 13.5. The van der Waals surface area contributed by atoms with Crippen LogP contribution < -0.4 is 10.0 Å². The van der Waals surface area contributed by atoms with E-state index in [-0.39, 0.29) is 28.5 Å². The number of rotatable bonds is 9. The molecule has 0 fully saturated rings. The van der Waals surface area contributed by atoms with Crippen LogP contribution in [-0.2, 0) is 21.4 Å². The van der Waals surface area contributed by atoms with Crippen LogP contribution >= 0.6 is 11.3 Å². The summed E-state index contributed by atoms with van der Waals surface area (Å²) in [5.41, 5.74) is 1.45. The number of hydrogen-bond donors (Lipinski definition) is 2. The Balaban J connectivity index is 1.48. The van der Waals surface area contributed by atoms with Gasteiger partial charge in [0.15, 0.2) is 0 Å². The number of amides is 1. The predicted molar refractivity (Wildman–Crippen MR) is 106 cm³/mol. The van der Waals surface area contributed by atoms with Gasteiger partial charge in [0.1, 0.15) is 0 Å². The van der Waals surface area contributed by atoms with E-state index in [4.69, 9.17) is 4.74 Å². The van der Waals surface area contributed by atoms with E-state index < -0.39 is 10.0 Å². The lowest BCUT2D eigenvalue weighted by molar-refractivity contribution is 0.102. The van der Waals surface area contributed by atoms with Gasteiger partial charge in [-0.1, -0.05) is 59.9 Å². The van der Waals surface area contributed by atoms with Crippen LogP contribution in [-0.4, -0.2) is 37.7 Å². The van der Waals surface area contributed by atoms with Gasteiger partial charge in [-0.2, -0.15) is 0 Å². The number of nitrogens with one attached hydrogen (secondary N) is 2. The maximum absolute atomic E-state index is 12.3. The zero-order valence-corrected chi connectivity index (χ0v) is 16.4. The monoisotopic (exact) mass is 418 g/mol. The van der Waals surface area contributed by atoms with E-state index in [0.29, 0.717) is 12.2 Å². The highest BCUT2D eigenvalue weighted by Gasteiger charge is 2.20. The number of benzene rings is 2. The number of aromatic nitrogens is 2. The van der Waals surface area contributed by atoms with Crippen LogP contribution in [0.5, 0.6) is 0 Å². The first kappa shape index (κ1) is 20.1. The number of carbonyl (C=O) groups excluding carboxylic acids is 1. The molecule has 0 aliphatic carbocycles. The van der Waals surface area contributed by atoms with E-state index in [0.717, 1.165) is 16.9 Å². The summed E-state index contributed by atoms with van der Waals surface area (Å²) in [5, 5.41) is 10.0. The van der Waals surface area contributed by atoms with Gasteiger partial charge in [-0.05, 0) is 17.7 Å².